The Labute approximate surface area is 188 Å². The molecule has 34 heavy (non-hydrogen) atoms. The van der Waals surface area contributed by atoms with Crippen molar-refractivity contribution < 1.29 is 46.5 Å². The van der Waals surface area contributed by atoms with Gasteiger partial charge in [-0.15, -0.1) is 0 Å². The van der Waals surface area contributed by atoms with E-state index in [1.165, 1.54) is 9.47 Å². The van der Waals surface area contributed by atoms with Crippen LogP contribution in [0.4, 0.5) is 27.6 Å². The number of hydrogen-bond acceptors (Lipinski definition) is 6. The Hall–Kier alpha value is -3.26. The van der Waals surface area contributed by atoms with Crippen LogP contribution in [-0.2, 0) is 9.53 Å². The Morgan fingerprint density at radius 2 is 1.76 bits per heavy atom. The molecule has 1 aromatic heterocycles. The molecule has 186 valence electrons. The quantitative estimate of drug-likeness (QED) is 0.553. The van der Waals surface area contributed by atoms with E-state index in [-0.39, 0.29) is 47.8 Å². The third-order valence-corrected chi connectivity index (χ3v) is 5.66. The number of nitrogens with two attached hydrogens (primary N) is 1. The molecular weight excluding hydrogens is 473 g/mol. The number of rotatable bonds is 3. The lowest BCUT2D eigenvalue weighted by Crippen LogP contribution is -2.34. The second-order valence-electron chi connectivity index (χ2n) is 8.04. The van der Waals surface area contributed by atoms with E-state index in [1.807, 2.05) is 6.92 Å². The minimum absolute atomic E-state index is 0.0658. The van der Waals surface area contributed by atoms with Gasteiger partial charge in [-0.05, 0) is 12.0 Å². The van der Waals surface area contributed by atoms with Crippen LogP contribution in [0.15, 0.2) is 17.1 Å². The molecule has 0 bridgehead atoms. The van der Waals surface area contributed by atoms with Crippen molar-refractivity contribution in [3.8, 4) is 0 Å². The number of halogens is 5. The molecule has 0 amide bonds. The smallest absolute Gasteiger partial charge is 0.477 e. The molecule has 2 aliphatic heterocycles. The molecule has 2 aliphatic rings. The molecule has 0 spiro atoms. The van der Waals surface area contributed by atoms with Gasteiger partial charge in [0.2, 0.25) is 5.43 Å². The summed E-state index contributed by atoms with van der Waals surface area (Å²) in [5, 5.41) is 16.1. The highest BCUT2D eigenvalue weighted by molar-refractivity contribution is 5.94. The molecule has 1 aromatic carbocycles. The van der Waals surface area contributed by atoms with E-state index in [4.69, 9.17) is 20.4 Å². The van der Waals surface area contributed by atoms with Gasteiger partial charge in [0, 0.05) is 25.3 Å². The molecule has 2 fully saturated rings. The molecular formula is C20H20F5N3O6. The number of benzene rings is 1. The first-order valence-electron chi connectivity index (χ1n) is 9.92. The van der Waals surface area contributed by atoms with Gasteiger partial charge in [-0.2, -0.15) is 13.2 Å². The lowest BCUT2D eigenvalue weighted by Gasteiger charge is -2.31. The molecule has 14 heteroatoms. The van der Waals surface area contributed by atoms with Gasteiger partial charge in [0.15, 0.2) is 5.82 Å². The molecule has 0 radical (unpaired) electrons. The minimum atomic E-state index is -5.08. The van der Waals surface area contributed by atoms with Crippen molar-refractivity contribution in [3.63, 3.8) is 0 Å². The number of aromatic nitrogens is 1. The Morgan fingerprint density at radius 1 is 1.18 bits per heavy atom. The summed E-state index contributed by atoms with van der Waals surface area (Å²) < 4.78 is 68.5. The normalized spacial score (nSPS) is 20.6. The van der Waals surface area contributed by atoms with Crippen molar-refractivity contribution in [1.29, 1.82) is 0 Å². The van der Waals surface area contributed by atoms with Crippen molar-refractivity contribution in [2.45, 2.75) is 25.2 Å². The number of carbonyl (C=O) groups is 2. The topological polar surface area (TPSA) is 135 Å². The number of fused-ring (bicyclic) bond motifs is 1. The summed E-state index contributed by atoms with van der Waals surface area (Å²) in [5.74, 6) is -5.92. The monoisotopic (exact) mass is 493 g/mol. The Kier molecular flexibility index (Phi) is 6.85. The molecule has 2 aromatic rings. The maximum atomic E-state index is 15.5. The molecule has 9 nitrogen and oxygen atoms in total. The highest BCUT2D eigenvalue weighted by Gasteiger charge is 2.38. The van der Waals surface area contributed by atoms with Crippen molar-refractivity contribution in [2.75, 3.05) is 31.2 Å². The third-order valence-electron chi connectivity index (χ3n) is 5.66. The second-order valence-corrected chi connectivity index (χ2v) is 8.04. The number of aliphatic carboxylic acids is 1. The van der Waals surface area contributed by atoms with Crippen molar-refractivity contribution in [1.82, 2.24) is 4.57 Å². The number of carboxylic acid groups (broad SMARTS) is 2. The average molecular weight is 493 g/mol. The van der Waals surface area contributed by atoms with Gasteiger partial charge in [-0.25, -0.2) is 18.4 Å². The lowest BCUT2D eigenvalue weighted by molar-refractivity contribution is -0.192. The minimum Gasteiger partial charge on any atom is -0.477 e. The predicted octanol–water partition coefficient (Wildman–Crippen LogP) is 1.97. The van der Waals surface area contributed by atoms with Crippen LogP contribution in [0.3, 0.4) is 0 Å². The summed E-state index contributed by atoms with van der Waals surface area (Å²) in [4.78, 5) is 34.3. The van der Waals surface area contributed by atoms with Crippen LogP contribution in [0.1, 0.15) is 23.3 Å². The molecule has 2 atom stereocenters. The molecule has 0 aliphatic carbocycles. The Morgan fingerprint density at radius 3 is 2.18 bits per heavy atom. The number of hydrogen-bond donors (Lipinski definition) is 3. The van der Waals surface area contributed by atoms with E-state index in [0.29, 0.717) is 13.1 Å². The van der Waals surface area contributed by atoms with E-state index in [1.54, 1.807) is 0 Å². The van der Waals surface area contributed by atoms with Crippen LogP contribution in [0, 0.1) is 17.6 Å². The first-order valence-corrected chi connectivity index (χ1v) is 9.92. The first kappa shape index (κ1) is 25.4. The van der Waals surface area contributed by atoms with Crippen LogP contribution in [-0.4, -0.2) is 65.2 Å². The largest absolute Gasteiger partial charge is 0.490 e. The second kappa shape index (κ2) is 9.18. The number of carboxylic acids is 2. The third kappa shape index (κ3) is 4.68. The van der Waals surface area contributed by atoms with Crippen molar-refractivity contribution in [2.24, 2.45) is 11.7 Å². The number of nitrogens with zero attached hydrogens (tertiary/aromatic N) is 2. The van der Waals surface area contributed by atoms with Gasteiger partial charge < -0.3 is 30.2 Å². The van der Waals surface area contributed by atoms with Gasteiger partial charge in [-0.3, -0.25) is 4.79 Å². The summed E-state index contributed by atoms with van der Waals surface area (Å²) in [6.07, 6.45) is -3.97. The first-order chi connectivity index (χ1) is 15.7. The maximum Gasteiger partial charge on any atom is 0.490 e. The fourth-order valence-electron chi connectivity index (χ4n) is 3.72. The van der Waals surface area contributed by atoms with Crippen molar-refractivity contribution in [3.05, 3.63) is 39.7 Å². The van der Waals surface area contributed by atoms with Crippen LogP contribution in [0.5, 0.6) is 0 Å². The zero-order valence-electron chi connectivity index (χ0n) is 17.6. The molecule has 0 unspecified atom stereocenters. The van der Waals surface area contributed by atoms with E-state index >= 15 is 4.39 Å². The molecule has 3 heterocycles. The fraction of sp³-hybridized carbons (Fsp3) is 0.450. The molecule has 2 saturated heterocycles. The summed E-state index contributed by atoms with van der Waals surface area (Å²) in [6, 6.07) is 0.391. The van der Waals surface area contributed by atoms with Crippen LogP contribution < -0.4 is 16.1 Å². The van der Waals surface area contributed by atoms with Crippen LogP contribution in [0.25, 0.3) is 10.9 Å². The number of aromatic carboxylic acids is 1. The summed E-state index contributed by atoms with van der Waals surface area (Å²) in [5.41, 5.74) is 4.19. The van der Waals surface area contributed by atoms with Crippen molar-refractivity contribution >= 4 is 28.5 Å². The number of ether oxygens (including phenoxy) is 1. The number of alkyl halides is 3. The maximum absolute atomic E-state index is 15.5. The molecule has 0 saturated carbocycles. The van der Waals surface area contributed by atoms with Gasteiger partial charge >= 0.3 is 18.1 Å². The van der Waals surface area contributed by atoms with E-state index in [9.17, 15) is 32.3 Å². The highest BCUT2D eigenvalue weighted by atomic mass is 19.4. The summed E-state index contributed by atoms with van der Waals surface area (Å²) in [6.45, 7) is 3.11. The SMILES string of the molecule is C[C@H]1CN(c2c(F)cc3c(=O)c(C(=O)O)cn(C4COC4)c3c2F)C[C@H]1N.O=C(O)C(F)(F)F. The molecule has 4 N–H and O–H groups in total. The van der Waals surface area contributed by atoms with Gasteiger partial charge in [-0.1, -0.05) is 6.92 Å². The van der Waals surface area contributed by atoms with E-state index < -0.39 is 40.7 Å². The summed E-state index contributed by atoms with van der Waals surface area (Å²) in [7, 11) is 0. The molecule has 4 rings (SSSR count). The van der Waals surface area contributed by atoms with Crippen LogP contribution >= 0.6 is 0 Å². The van der Waals surface area contributed by atoms with Gasteiger partial charge in [0.25, 0.3) is 0 Å². The summed E-state index contributed by atoms with van der Waals surface area (Å²) >= 11 is 0. The van der Waals surface area contributed by atoms with Gasteiger partial charge in [0.1, 0.15) is 17.1 Å². The van der Waals surface area contributed by atoms with E-state index in [0.717, 1.165) is 12.3 Å². The Bertz CT molecular complexity index is 1180. The van der Waals surface area contributed by atoms with Gasteiger partial charge in [0.05, 0.1) is 30.2 Å². The Balaban J connectivity index is 0.000000406. The standard InChI is InChI=1S/C18H19F2N3O4.C2HF3O2/c1-8-3-22(5-13(8)21)16-12(19)2-10-15(14(16)20)23(9-6-27-7-9)4-11(17(10)24)18(25)26;3-2(4,5)1(6)7/h2,4,8-9,13H,3,5-7,21H2,1H3,(H,25,26);(H,6,7)/t8-,13+;/m0./s1. The zero-order valence-corrected chi connectivity index (χ0v) is 17.6. The zero-order chi connectivity index (χ0) is 25.5. The van der Waals surface area contributed by atoms with Crippen LogP contribution in [0.2, 0.25) is 0 Å². The number of anilines is 1. The lowest BCUT2D eigenvalue weighted by atomic mass is 10.1. The predicted molar refractivity (Wildman–Crippen MR) is 108 cm³/mol. The highest BCUT2D eigenvalue weighted by Crippen LogP contribution is 2.34. The number of pyridine rings is 1. The fourth-order valence-corrected chi connectivity index (χ4v) is 3.72. The average Bonchev–Trinajstić information content (AvgIpc) is 3.00. The van der Waals surface area contributed by atoms with E-state index in [2.05, 4.69) is 0 Å².